The molecule has 1 aliphatic carbocycles. The van der Waals surface area contributed by atoms with E-state index in [0.29, 0.717) is 6.42 Å². The molecular formula is C16H16N2O. The predicted molar refractivity (Wildman–Crippen MR) is 77.8 cm³/mol. The first kappa shape index (κ1) is 11.9. The summed E-state index contributed by atoms with van der Waals surface area (Å²) in [5.74, 6) is -0.102. The largest absolute Gasteiger partial charge is 0.325 e. The van der Waals surface area contributed by atoms with Gasteiger partial charge in [0.2, 0.25) is 5.91 Å². The van der Waals surface area contributed by atoms with Crippen LogP contribution in [0.1, 0.15) is 6.42 Å². The Labute approximate surface area is 112 Å². The summed E-state index contributed by atoms with van der Waals surface area (Å²) >= 11 is 0. The second-order valence-corrected chi connectivity index (χ2v) is 4.91. The van der Waals surface area contributed by atoms with Gasteiger partial charge in [0.15, 0.2) is 0 Å². The predicted octanol–water partition coefficient (Wildman–Crippen LogP) is 2.68. The van der Waals surface area contributed by atoms with E-state index in [4.69, 9.17) is 5.73 Å². The second-order valence-electron chi connectivity index (χ2n) is 4.91. The molecule has 96 valence electrons. The van der Waals surface area contributed by atoms with Gasteiger partial charge in [0.25, 0.3) is 0 Å². The van der Waals surface area contributed by atoms with Crippen molar-refractivity contribution in [1.82, 2.24) is 0 Å². The molecule has 1 aliphatic rings. The second kappa shape index (κ2) is 4.86. The van der Waals surface area contributed by atoms with Gasteiger partial charge in [-0.15, -0.1) is 0 Å². The molecule has 2 unspecified atom stereocenters. The number of anilines is 1. The highest BCUT2D eigenvalue weighted by Crippen LogP contribution is 2.25. The van der Waals surface area contributed by atoms with Crippen molar-refractivity contribution in [2.75, 3.05) is 5.32 Å². The molecule has 0 saturated carbocycles. The van der Waals surface area contributed by atoms with E-state index in [1.807, 2.05) is 54.6 Å². The number of nitrogens with two attached hydrogens (primary N) is 1. The minimum atomic E-state index is -0.117. The van der Waals surface area contributed by atoms with E-state index in [-0.39, 0.29) is 17.9 Å². The van der Waals surface area contributed by atoms with Gasteiger partial charge in [0.1, 0.15) is 0 Å². The summed E-state index contributed by atoms with van der Waals surface area (Å²) in [5.41, 5.74) is 6.64. The van der Waals surface area contributed by atoms with Crippen LogP contribution in [-0.2, 0) is 4.79 Å². The monoisotopic (exact) mass is 252 g/mol. The quantitative estimate of drug-likeness (QED) is 0.807. The van der Waals surface area contributed by atoms with Gasteiger partial charge in [0.05, 0.1) is 5.92 Å². The maximum atomic E-state index is 12.2. The summed E-state index contributed by atoms with van der Waals surface area (Å²) in [5, 5.41) is 5.19. The molecule has 0 aliphatic heterocycles. The van der Waals surface area contributed by atoms with Crippen LogP contribution in [0.25, 0.3) is 10.8 Å². The van der Waals surface area contributed by atoms with E-state index in [1.54, 1.807) is 0 Å². The van der Waals surface area contributed by atoms with Crippen LogP contribution >= 0.6 is 0 Å². The molecule has 2 aromatic carbocycles. The molecule has 2 atom stereocenters. The van der Waals surface area contributed by atoms with Crippen molar-refractivity contribution in [2.45, 2.75) is 12.5 Å². The van der Waals surface area contributed by atoms with Crippen molar-refractivity contribution in [1.29, 1.82) is 0 Å². The minimum Gasteiger partial charge on any atom is -0.325 e. The van der Waals surface area contributed by atoms with Crippen molar-refractivity contribution in [3.8, 4) is 0 Å². The Morgan fingerprint density at radius 2 is 1.89 bits per heavy atom. The number of benzene rings is 2. The summed E-state index contributed by atoms with van der Waals surface area (Å²) < 4.78 is 0. The molecule has 0 bridgehead atoms. The van der Waals surface area contributed by atoms with E-state index < -0.39 is 0 Å². The van der Waals surface area contributed by atoms with Gasteiger partial charge in [-0.25, -0.2) is 0 Å². The normalized spacial score (nSPS) is 21.7. The van der Waals surface area contributed by atoms with E-state index in [1.165, 1.54) is 0 Å². The van der Waals surface area contributed by atoms with E-state index in [0.717, 1.165) is 16.5 Å². The minimum absolute atomic E-state index is 0.00303. The van der Waals surface area contributed by atoms with Gasteiger partial charge < -0.3 is 11.1 Å². The fourth-order valence-corrected chi connectivity index (χ4v) is 2.48. The SMILES string of the molecule is NC1C=CC(C(=O)Nc2cccc3ccccc23)C1. The highest BCUT2D eigenvalue weighted by Gasteiger charge is 2.22. The fraction of sp³-hybridized carbons (Fsp3) is 0.188. The number of nitrogens with one attached hydrogen (secondary N) is 1. The van der Waals surface area contributed by atoms with Crippen LogP contribution in [0.3, 0.4) is 0 Å². The number of hydrogen-bond donors (Lipinski definition) is 2. The summed E-state index contributed by atoms with van der Waals surface area (Å²) in [4.78, 5) is 12.2. The number of rotatable bonds is 2. The van der Waals surface area contributed by atoms with Gasteiger partial charge >= 0.3 is 0 Å². The van der Waals surface area contributed by atoms with Crippen LogP contribution in [0.15, 0.2) is 54.6 Å². The average molecular weight is 252 g/mol. The molecule has 0 aromatic heterocycles. The first-order valence-corrected chi connectivity index (χ1v) is 6.46. The van der Waals surface area contributed by atoms with Crippen LogP contribution < -0.4 is 11.1 Å². The third-order valence-electron chi connectivity index (χ3n) is 3.50. The van der Waals surface area contributed by atoms with Crippen LogP contribution in [0.2, 0.25) is 0 Å². The molecule has 2 aromatic rings. The Bertz CT molecular complexity index is 643. The van der Waals surface area contributed by atoms with Crippen molar-refractivity contribution in [3.63, 3.8) is 0 Å². The maximum Gasteiger partial charge on any atom is 0.231 e. The Morgan fingerprint density at radius 1 is 1.11 bits per heavy atom. The molecule has 0 saturated heterocycles. The Balaban J connectivity index is 1.86. The van der Waals surface area contributed by atoms with Gasteiger partial charge in [-0.2, -0.15) is 0 Å². The van der Waals surface area contributed by atoms with Gasteiger partial charge in [-0.1, -0.05) is 48.6 Å². The van der Waals surface area contributed by atoms with Gasteiger partial charge in [-0.05, 0) is 17.9 Å². The zero-order valence-corrected chi connectivity index (χ0v) is 10.5. The van der Waals surface area contributed by atoms with Crippen molar-refractivity contribution in [2.24, 2.45) is 11.7 Å². The smallest absolute Gasteiger partial charge is 0.231 e. The summed E-state index contributed by atoms with van der Waals surface area (Å²) in [6.45, 7) is 0. The molecule has 3 N–H and O–H groups in total. The molecule has 0 radical (unpaired) electrons. The van der Waals surface area contributed by atoms with Crippen LogP contribution in [-0.4, -0.2) is 11.9 Å². The molecule has 3 nitrogen and oxygen atoms in total. The van der Waals surface area contributed by atoms with Gasteiger partial charge in [0, 0.05) is 17.1 Å². The average Bonchev–Trinajstić information content (AvgIpc) is 2.86. The molecule has 19 heavy (non-hydrogen) atoms. The lowest BCUT2D eigenvalue weighted by Gasteiger charge is -2.12. The first-order valence-electron chi connectivity index (χ1n) is 6.46. The molecule has 3 heteroatoms. The van der Waals surface area contributed by atoms with E-state index in [9.17, 15) is 4.79 Å². The number of amides is 1. The molecule has 0 spiro atoms. The van der Waals surface area contributed by atoms with Crippen molar-refractivity contribution < 1.29 is 4.79 Å². The summed E-state index contributed by atoms with van der Waals surface area (Å²) in [6.07, 6.45) is 4.48. The molecule has 0 heterocycles. The Kier molecular flexibility index (Phi) is 3.05. The maximum absolute atomic E-state index is 12.2. The lowest BCUT2D eigenvalue weighted by molar-refractivity contribution is -0.118. The molecular weight excluding hydrogens is 236 g/mol. The van der Waals surface area contributed by atoms with Crippen LogP contribution in [0.4, 0.5) is 5.69 Å². The Morgan fingerprint density at radius 3 is 2.68 bits per heavy atom. The third-order valence-corrected chi connectivity index (χ3v) is 3.50. The summed E-state index contributed by atoms with van der Waals surface area (Å²) in [6, 6.07) is 13.9. The first-order chi connectivity index (χ1) is 9.24. The lowest BCUT2D eigenvalue weighted by atomic mass is 10.1. The number of fused-ring (bicyclic) bond motifs is 1. The van der Waals surface area contributed by atoms with Crippen LogP contribution in [0, 0.1) is 5.92 Å². The zero-order valence-electron chi connectivity index (χ0n) is 10.5. The molecule has 1 amide bonds. The third kappa shape index (κ3) is 2.37. The van der Waals surface area contributed by atoms with E-state index in [2.05, 4.69) is 5.32 Å². The highest BCUT2D eigenvalue weighted by atomic mass is 16.1. The number of carbonyl (C=O) groups is 1. The molecule has 3 rings (SSSR count). The number of carbonyl (C=O) groups excluding carboxylic acids is 1. The van der Waals surface area contributed by atoms with Crippen molar-refractivity contribution in [3.05, 3.63) is 54.6 Å². The lowest BCUT2D eigenvalue weighted by Crippen LogP contribution is -2.24. The van der Waals surface area contributed by atoms with Crippen LogP contribution in [0.5, 0.6) is 0 Å². The Hall–Kier alpha value is -2.13. The highest BCUT2D eigenvalue weighted by molar-refractivity contribution is 6.03. The zero-order chi connectivity index (χ0) is 13.2. The van der Waals surface area contributed by atoms with Gasteiger partial charge in [-0.3, -0.25) is 4.79 Å². The standard InChI is InChI=1S/C16H16N2O/c17-13-9-8-12(10-13)16(19)18-15-7-3-5-11-4-1-2-6-14(11)15/h1-9,12-13H,10,17H2,(H,18,19). The summed E-state index contributed by atoms with van der Waals surface area (Å²) in [7, 11) is 0. The number of hydrogen-bond acceptors (Lipinski definition) is 2. The topological polar surface area (TPSA) is 55.1 Å². The molecule has 0 fully saturated rings. The van der Waals surface area contributed by atoms with Crippen molar-refractivity contribution >= 4 is 22.4 Å². The van der Waals surface area contributed by atoms with E-state index >= 15 is 0 Å². The fourth-order valence-electron chi connectivity index (χ4n) is 2.48.